The Kier molecular flexibility index (Phi) is 9.57. The summed E-state index contributed by atoms with van der Waals surface area (Å²) >= 11 is 0. The minimum atomic E-state index is -1.18. The third kappa shape index (κ3) is 6.67. The van der Waals surface area contributed by atoms with Crippen LogP contribution in [0.1, 0.15) is 48.6 Å². The summed E-state index contributed by atoms with van der Waals surface area (Å²) in [6, 6.07) is 28.4. The fourth-order valence-electron chi connectivity index (χ4n) is 6.07. The standard InChI is InChI=1S/C35H35N7O6/c1-47-34(45)29-31(35(46)48-2)42(39-38-29)22-28(37-32(43)27-21-25-15-9-10-16-26(25)36-27)33(44)41-19-17-40(18-20-41)30(23-11-5-3-6-12-23)24-13-7-4-8-14-24/h3-16,21,28,30,36H,17-20,22H2,1-2H3,(H,37,43). The number of ether oxygens (including phenoxy) is 2. The van der Waals surface area contributed by atoms with Crippen molar-refractivity contribution in [1.29, 1.82) is 0 Å². The predicted molar refractivity (Wildman–Crippen MR) is 175 cm³/mol. The Hall–Kier alpha value is -5.82. The summed E-state index contributed by atoms with van der Waals surface area (Å²) in [6.45, 7) is 1.64. The number of fused-ring (bicyclic) bond motifs is 1. The van der Waals surface area contributed by atoms with Gasteiger partial charge in [-0.2, -0.15) is 0 Å². The lowest BCUT2D eigenvalue weighted by Crippen LogP contribution is -2.56. The van der Waals surface area contributed by atoms with Crippen molar-refractivity contribution in [2.45, 2.75) is 18.6 Å². The van der Waals surface area contributed by atoms with Gasteiger partial charge in [-0.1, -0.05) is 84.1 Å². The molecule has 1 aliphatic rings. The molecule has 0 aliphatic carbocycles. The minimum Gasteiger partial charge on any atom is -0.464 e. The van der Waals surface area contributed by atoms with Gasteiger partial charge in [0.2, 0.25) is 11.6 Å². The first-order valence-corrected chi connectivity index (χ1v) is 15.5. The smallest absolute Gasteiger partial charge is 0.361 e. The highest BCUT2D eigenvalue weighted by molar-refractivity contribution is 6.01. The molecule has 2 aromatic heterocycles. The number of H-pyrrole nitrogens is 1. The number of rotatable bonds is 10. The van der Waals surface area contributed by atoms with Crippen molar-refractivity contribution in [3.63, 3.8) is 0 Å². The number of aromatic amines is 1. The van der Waals surface area contributed by atoms with E-state index in [0.717, 1.165) is 40.9 Å². The third-order valence-electron chi connectivity index (χ3n) is 8.45. The van der Waals surface area contributed by atoms with Crippen LogP contribution in [0.3, 0.4) is 0 Å². The van der Waals surface area contributed by atoms with Crippen LogP contribution >= 0.6 is 0 Å². The Bertz CT molecular complexity index is 1840. The summed E-state index contributed by atoms with van der Waals surface area (Å²) in [7, 11) is 2.30. The molecule has 2 N–H and O–H groups in total. The molecule has 48 heavy (non-hydrogen) atoms. The van der Waals surface area contributed by atoms with Crippen molar-refractivity contribution in [3.8, 4) is 0 Å². The van der Waals surface area contributed by atoms with E-state index in [1.54, 1.807) is 11.0 Å². The van der Waals surface area contributed by atoms with Gasteiger partial charge in [-0.25, -0.2) is 14.3 Å². The van der Waals surface area contributed by atoms with E-state index in [4.69, 9.17) is 9.47 Å². The van der Waals surface area contributed by atoms with Crippen LogP contribution in [0.15, 0.2) is 91.0 Å². The van der Waals surface area contributed by atoms with Gasteiger partial charge in [0.15, 0.2) is 5.69 Å². The molecular formula is C35H35N7O6. The van der Waals surface area contributed by atoms with Crippen molar-refractivity contribution in [2.75, 3.05) is 40.4 Å². The molecule has 3 heterocycles. The molecule has 0 radical (unpaired) electrons. The summed E-state index contributed by atoms with van der Waals surface area (Å²) in [6.07, 6.45) is 0. The largest absolute Gasteiger partial charge is 0.464 e. The average Bonchev–Trinajstić information content (AvgIpc) is 3.76. The van der Waals surface area contributed by atoms with Gasteiger partial charge < -0.3 is 24.7 Å². The van der Waals surface area contributed by atoms with Crippen molar-refractivity contribution < 1.29 is 28.7 Å². The Balaban J connectivity index is 1.26. The Morgan fingerprint density at radius 3 is 2.02 bits per heavy atom. The van der Waals surface area contributed by atoms with Gasteiger partial charge in [0, 0.05) is 37.1 Å². The Morgan fingerprint density at radius 2 is 1.42 bits per heavy atom. The highest BCUT2D eigenvalue weighted by Crippen LogP contribution is 2.29. The maximum absolute atomic E-state index is 14.2. The van der Waals surface area contributed by atoms with E-state index in [0.29, 0.717) is 26.2 Å². The molecule has 1 saturated heterocycles. The number of aromatic nitrogens is 4. The van der Waals surface area contributed by atoms with E-state index in [2.05, 4.69) is 49.8 Å². The number of hydrogen-bond acceptors (Lipinski definition) is 9. The molecule has 13 heteroatoms. The number of nitrogens with one attached hydrogen (secondary N) is 2. The van der Waals surface area contributed by atoms with Crippen molar-refractivity contribution in [1.82, 2.24) is 35.1 Å². The predicted octanol–water partition coefficient (Wildman–Crippen LogP) is 3.07. The van der Waals surface area contributed by atoms with E-state index >= 15 is 0 Å². The molecular weight excluding hydrogens is 614 g/mol. The second-order valence-corrected chi connectivity index (χ2v) is 11.3. The van der Waals surface area contributed by atoms with Gasteiger partial charge in [-0.3, -0.25) is 14.5 Å². The molecule has 0 bridgehead atoms. The second-order valence-electron chi connectivity index (χ2n) is 11.3. The summed E-state index contributed by atoms with van der Waals surface area (Å²) < 4.78 is 10.7. The maximum atomic E-state index is 14.2. The van der Waals surface area contributed by atoms with Crippen LogP contribution in [0.25, 0.3) is 10.9 Å². The van der Waals surface area contributed by atoms with Crippen LogP contribution in [0.2, 0.25) is 0 Å². The number of carbonyl (C=O) groups excluding carboxylic acids is 4. The zero-order valence-electron chi connectivity index (χ0n) is 26.5. The molecule has 0 saturated carbocycles. The van der Waals surface area contributed by atoms with Crippen molar-refractivity contribution in [2.24, 2.45) is 0 Å². The molecule has 2 amide bonds. The van der Waals surface area contributed by atoms with Gasteiger partial charge in [0.25, 0.3) is 5.91 Å². The summed E-state index contributed by atoms with van der Waals surface area (Å²) in [5.41, 5.74) is 2.67. The van der Waals surface area contributed by atoms with Crippen LogP contribution in [-0.2, 0) is 20.8 Å². The van der Waals surface area contributed by atoms with E-state index in [1.165, 1.54) is 0 Å². The number of nitrogens with zero attached hydrogens (tertiary/aromatic N) is 5. The van der Waals surface area contributed by atoms with Crippen molar-refractivity contribution >= 4 is 34.7 Å². The number of esters is 2. The normalized spacial score (nSPS) is 14.1. The van der Waals surface area contributed by atoms with Crippen LogP contribution in [0, 0.1) is 0 Å². The Labute approximate surface area is 276 Å². The summed E-state index contributed by atoms with van der Waals surface area (Å²) in [5.74, 6) is -2.69. The van der Waals surface area contributed by atoms with Crippen LogP contribution in [0.5, 0.6) is 0 Å². The molecule has 5 aromatic rings. The number of hydrogen-bond donors (Lipinski definition) is 2. The van der Waals surface area contributed by atoms with Crippen molar-refractivity contribution in [3.05, 3.63) is 119 Å². The van der Waals surface area contributed by atoms with Gasteiger partial charge >= 0.3 is 11.9 Å². The molecule has 13 nitrogen and oxygen atoms in total. The zero-order valence-corrected chi connectivity index (χ0v) is 26.5. The molecule has 1 unspecified atom stereocenters. The fourth-order valence-corrected chi connectivity index (χ4v) is 6.07. The van der Waals surface area contributed by atoms with Crippen LogP contribution in [-0.4, -0.2) is 100.0 Å². The maximum Gasteiger partial charge on any atom is 0.361 e. The lowest BCUT2D eigenvalue weighted by Gasteiger charge is -2.40. The van der Waals surface area contributed by atoms with Gasteiger partial charge in [-0.15, -0.1) is 5.10 Å². The number of para-hydroxylation sites is 1. The SMILES string of the molecule is COC(=O)c1nnn(CC(NC(=O)c2cc3ccccc3[nH]2)C(=O)N2CCN(C(c3ccccc3)c3ccccc3)CC2)c1C(=O)OC. The summed E-state index contributed by atoms with van der Waals surface area (Å²) in [5, 5.41) is 11.5. The van der Waals surface area contributed by atoms with Gasteiger partial charge in [-0.05, 0) is 23.3 Å². The van der Waals surface area contributed by atoms with E-state index < -0.39 is 23.9 Å². The van der Waals surface area contributed by atoms with E-state index in [9.17, 15) is 19.2 Å². The van der Waals surface area contributed by atoms with E-state index in [1.807, 2.05) is 60.7 Å². The monoisotopic (exact) mass is 649 g/mol. The lowest BCUT2D eigenvalue weighted by atomic mass is 9.96. The molecule has 1 fully saturated rings. The first-order chi connectivity index (χ1) is 23.4. The highest BCUT2D eigenvalue weighted by Gasteiger charge is 2.35. The number of amides is 2. The number of methoxy groups -OCH3 is 2. The second kappa shape index (κ2) is 14.3. The topological polar surface area (TPSA) is 152 Å². The highest BCUT2D eigenvalue weighted by atomic mass is 16.5. The first-order valence-electron chi connectivity index (χ1n) is 15.5. The molecule has 1 aliphatic heterocycles. The minimum absolute atomic E-state index is 0.00309. The number of benzene rings is 3. The van der Waals surface area contributed by atoms with Gasteiger partial charge in [0.05, 0.1) is 26.8 Å². The number of carbonyl (C=O) groups is 4. The average molecular weight is 650 g/mol. The lowest BCUT2D eigenvalue weighted by molar-refractivity contribution is -0.135. The molecule has 1 atom stereocenters. The summed E-state index contributed by atoms with van der Waals surface area (Å²) in [4.78, 5) is 60.0. The Morgan fingerprint density at radius 1 is 0.812 bits per heavy atom. The fraction of sp³-hybridized carbons (Fsp3) is 0.257. The number of piperazine rings is 1. The quantitative estimate of drug-likeness (QED) is 0.218. The molecule has 6 rings (SSSR count). The van der Waals surface area contributed by atoms with E-state index in [-0.39, 0.29) is 35.6 Å². The molecule has 0 spiro atoms. The first kappa shape index (κ1) is 32.1. The zero-order chi connectivity index (χ0) is 33.6. The van der Waals surface area contributed by atoms with Crippen LogP contribution < -0.4 is 5.32 Å². The van der Waals surface area contributed by atoms with Crippen LogP contribution in [0.4, 0.5) is 0 Å². The third-order valence-corrected chi connectivity index (χ3v) is 8.45. The van der Waals surface area contributed by atoms with Gasteiger partial charge in [0.1, 0.15) is 11.7 Å². The molecule has 246 valence electrons. The molecule has 3 aromatic carbocycles.